The first-order valence-electron chi connectivity index (χ1n) is 10.5. The van der Waals surface area contributed by atoms with E-state index in [2.05, 4.69) is 6.58 Å². The third-order valence-electron chi connectivity index (χ3n) is 5.07. The molecule has 3 rings (SSSR count). The number of carbonyl (C=O) groups excluding carboxylic acids is 3. The van der Waals surface area contributed by atoms with Crippen LogP contribution in [0.2, 0.25) is 5.02 Å². The highest BCUT2D eigenvalue weighted by Gasteiger charge is 2.34. The summed E-state index contributed by atoms with van der Waals surface area (Å²) in [6, 6.07) is 10.1. The molecular formula is C26H23ClN2O5. The van der Waals surface area contributed by atoms with E-state index in [9.17, 15) is 19.6 Å². The molecule has 1 aliphatic heterocycles. The van der Waals surface area contributed by atoms with E-state index in [0.29, 0.717) is 17.1 Å². The van der Waals surface area contributed by atoms with Crippen molar-refractivity contribution < 1.29 is 23.5 Å². The molecule has 1 aliphatic rings. The van der Waals surface area contributed by atoms with E-state index in [1.165, 1.54) is 12.2 Å². The predicted octanol–water partition coefficient (Wildman–Crippen LogP) is 5.19. The molecule has 0 N–H and O–H groups in total. The minimum Gasteiger partial charge on any atom is -0.462 e. The van der Waals surface area contributed by atoms with Gasteiger partial charge in [-0.15, -0.1) is 6.58 Å². The summed E-state index contributed by atoms with van der Waals surface area (Å²) in [5, 5.41) is 9.67. The molecule has 34 heavy (non-hydrogen) atoms. The van der Waals surface area contributed by atoms with Gasteiger partial charge in [-0.2, -0.15) is 5.26 Å². The zero-order valence-corrected chi connectivity index (χ0v) is 19.8. The summed E-state index contributed by atoms with van der Waals surface area (Å²) in [6.45, 7) is 9.23. The maximum absolute atomic E-state index is 12.9. The molecule has 0 radical (unpaired) electrons. The van der Waals surface area contributed by atoms with E-state index in [-0.39, 0.29) is 46.4 Å². The fourth-order valence-electron chi connectivity index (χ4n) is 3.31. The second kappa shape index (κ2) is 10.4. The van der Waals surface area contributed by atoms with Crippen LogP contribution in [0.5, 0.6) is 0 Å². The Bertz CT molecular complexity index is 1280. The lowest BCUT2D eigenvalue weighted by Gasteiger charge is -2.26. The zero-order valence-electron chi connectivity index (χ0n) is 19.1. The average molecular weight is 479 g/mol. The largest absolute Gasteiger partial charge is 0.462 e. The fourth-order valence-corrected chi connectivity index (χ4v) is 3.50. The molecular weight excluding hydrogens is 456 g/mol. The van der Waals surface area contributed by atoms with Crippen LogP contribution in [0.1, 0.15) is 36.9 Å². The van der Waals surface area contributed by atoms with Crippen molar-refractivity contribution in [1.29, 1.82) is 5.26 Å². The molecule has 2 amide bonds. The SMILES string of the molecule is C=CCN1C(=O)C(C#N)=C(C)/C(=C\c2ccc(-c3ccc(Cl)c(C(=O)OCC(C)C)c3)o2)C1=O. The lowest BCUT2D eigenvalue weighted by molar-refractivity contribution is -0.139. The molecule has 0 spiro atoms. The Morgan fingerprint density at radius 3 is 2.65 bits per heavy atom. The normalized spacial score (nSPS) is 15.2. The molecule has 2 aromatic rings. The van der Waals surface area contributed by atoms with Gasteiger partial charge in [0, 0.05) is 17.7 Å². The highest BCUT2D eigenvalue weighted by Crippen LogP contribution is 2.31. The Balaban J connectivity index is 1.96. The Morgan fingerprint density at radius 1 is 1.26 bits per heavy atom. The molecule has 0 bridgehead atoms. The van der Waals surface area contributed by atoms with Crippen LogP contribution in [0.15, 0.2) is 64.1 Å². The number of rotatable bonds is 7. The zero-order chi connectivity index (χ0) is 25.0. The van der Waals surface area contributed by atoms with Gasteiger partial charge in [0.25, 0.3) is 11.8 Å². The van der Waals surface area contributed by atoms with Crippen LogP contribution in [-0.2, 0) is 14.3 Å². The van der Waals surface area contributed by atoms with Crippen LogP contribution in [0, 0.1) is 17.2 Å². The second-order valence-corrected chi connectivity index (χ2v) is 8.48. The summed E-state index contributed by atoms with van der Waals surface area (Å²) < 4.78 is 11.2. The first-order valence-corrected chi connectivity index (χ1v) is 10.9. The Kier molecular flexibility index (Phi) is 7.54. The molecule has 0 saturated heterocycles. The van der Waals surface area contributed by atoms with E-state index in [1.54, 1.807) is 37.3 Å². The van der Waals surface area contributed by atoms with Gasteiger partial charge in [-0.25, -0.2) is 4.79 Å². The molecule has 1 aromatic heterocycles. The van der Waals surface area contributed by atoms with Crippen molar-refractivity contribution >= 4 is 35.5 Å². The highest BCUT2D eigenvalue weighted by molar-refractivity contribution is 6.33. The summed E-state index contributed by atoms with van der Waals surface area (Å²) in [5.74, 6) is -0.765. The summed E-state index contributed by atoms with van der Waals surface area (Å²) in [7, 11) is 0. The minimum atomic E-state index is -0.653. The van der Waals surface area contributed by atoms with Crippen LogP contribution in [-0.4, -0.2) is 35.8 Å². The quantitative estimate of drug-likeness (QED) is 0.235. The van der Waals surface area contributed by atoms with Gasteiger partial charge in [-0.05, 0) is 54.8 Å². The van der Waals surface area contributed by atoms with Gasteiger partial charge in [-0.3, -0.25) is 14.5 Å². The third kappa shape index (κ3) is 5.03. The number of benzene rings is 1. The molecule has 2 heterocycles. The summed E-state index contributed by atoms with van der Waals surface area (Å²) in [6.07, 6.45) is 2.90. The first-order chi connectivity index (χ1) is 16.2. The maximum atomic E-state index is 12.9. The average Bonchev–Trinajstić information content (AvgIpc) is 3.27. The minimum absolute atomic E-state index is 0.0165. The second-order valence-electron chi connectivity index (χ2n) is 8.07. The topological polar surface area (TPSA) is 101 Å². The van der Waals surface area contributed by atoms with Crippen molar-refractivity contribution in [2.75, 3.05) is 13.2 Å². The Labute approximate surface area is 202 Å². The van der Waals surface area contributed by atoms with E-state index in [1.807, 2.05) is 19.9 Å². The predicted molar refractivity (Wildman–Crippen MR) is 127 cm³/mol. The first kappa shape index (κ1) is 24.7. The Hall–Kier alpha value is -3.89. The molecule has 0 saturated carbocycles. The van der Waals surface area contributed by atoms with Crippen molar-refractivity contribution in [3.8, 4) is 17.4 Å². The number of imide groups is 1. The van der Waals surface area contributed by atoms with Crippen LogP contribution in [0.4, 0.5) is 0 Å². The maximum Gasteiger partial charge on any atom is 0.339 e. The standard InChI is InChI=1S/C26H23ClN2O5/c1-5-10-29-24(30)19(16(4)21(13-28)25(29)31)12-18-7-9-23(34-18)17-6-8-22(27)20(11-17)26(32)33-14-15(2)3/h5-9,11-12,15H,1,10,14H2,2-4H3/b19-12+. The van der Waals surface area contributed by atoms with Crippen LogP contribution >= 0.6 is 11.6 Å². The molecule has 0 aliphatic carbocycles. The number of carbonyl (C=O) groups is 3. The molecule has 0 unspecified atom stereocenters. The number of furan rings is 1. The lowest BCUT2D eigenvalue weighted by Crippen LogP contribution is -2.42. The molecule has 8 heteroatoms. The van der Waals surface area contributed by atoms with Crippen LogP contribution < -0.4 is 0 Å². The summed E-state index contributed by atoms with van der Waals surface area (Å²) in [4.78, 5) is 38.7. The van der Waals surface area contributed by atoms with Crippen molar-refractivity contribution in [3.63, 3.8) is 0 Å². The highest BCUT2D eigenvalue weighted by atomic mass is 35.5. The van der Waals surface area contributed by atoms with Crippen LogP contribution in [0.3, 0.4) is 0 Å². The number of halogens is 1. The summed E-state index contributed by atoms with van der Waals surface area (Å²) >= 11 is 6.19. The van der Waals surface area contributed by atoms with Gasteiger partial charge in [0.05, 0.1) is 17.2 Å². The smallest absolute Gasteiger partial charge is 0.339 e. The van der Waals surface area contributed by atoms with Crippen molar-refractivity contribution in [2.45, 2.75) is 20.8 Å². The van der Waals surface area contributed by atoms with Gasteiger partial charge in [-0.1, -0.05) is 31.5 Å². The number of esters is 1. The van der Waals surface area contributed by atoms with Gasteiger partial charge >= 0.3 is 5.97 Å². The molecule has 0 atom stereocenters. The molecule has 174 valence electrons. The third-order valence-corrected chi connectivity index (χ3v) is 5.40. The van der Waals surface area contributed by atoms with Crippen molar-refractivity contribution in [1.82, 2.24) is 4.90 Å². The van der Waals surface area contributed by atoms with Crippen molar-refractivity contribution in [2.24, 2.45) is 5.92 Å². The van der Waals surface area contributed by atoms with E-state index < -0.39 is 17.8 Å². The molecule has 0 fully saturated rings. The summed E-state index contributed by atoms with van der Waals surface area (Å²) in [5.41, 5.74) is 1.15. The number of amides is 2. The number of hydrogen-bond acceptors (Lipinski definition) is 6. The molecule has 7 nitrogen and oxygen atoms in total. The number of nitriles is 1. The van der Waals surface area contributed by atoms with Crippen molar-refractivity contribution in [3.05, 3.63) is 76.1 Å². The van der Waals surface area contributed by atoms with E-state index in [0.717, 1.165) is 4.90 Å². The van der Waals surface area contributed by atoms with E-state index in [4.69, 9.17) is 20.8 Å². The van der Waals surface area contributed by atoms with Gasteiger partial charge in [0.15, 0.2) is 0 Å². The lowest BCUT2D eigenvalue weighted by atomic mass is 9.94. The Morgan fingerprint density at radius 2 is 2.00 bits per heavy atom. The van der Waals surface area contributed by atoms with Gasteiger partial charge in [0.1, 0.15) is 23.2 Å². The van der Waals surface area contributed by atoms with Crippen LogP contribution in [0.25, 0.3) is 17.4 Å². The van der Waals surface area contributed by atoms with Gasteiger partial charge < -0.3 is 9.15 Å². The monoisotopic (exact) mass is 478 g/mol. The molecule has 1 aromatic carbocycles. The van der Waals surface area contributed by atoms with E-state index >= 15 is 0 Å². The number of hydrogen-bond donors (Lipinski definition) is 0. The van der Waals surface area contributed by atoms with Gasteiger partial charge in [0.2, 0.25) is 0 Å². The fraction of sp³-hybridized carbons (Fsp3) is 0.231. The number of nitrogens with zero attached hydrogens (tertiary/aromatic N) is 2. The number of ether oxygens (including phenoxy) is 1.